The summed E-state index contributed by atoms with van der Waals surface area (Å²) in [6.45, 7) is 2.25. The average Bonchev–Trinajstić information content (AvgIpc) is 3.73. The molecule has 2 aromatic carbocycles. The summed E-state index contributed by atoms with van der Waals surface area (Å²) in [6, 6.07) is 15.1. The summed E-state index contributed by atoms with van der Waals surface area (Å²) in [5.74, 6) is 0.277. The normalized spacial score (nSPS) is 17.9. The second kappa shape index (κ2) is 9.62. The van der Waals surface area contributed by atoms with E-state index in [9.17, 15) is 4.79 Å². The Morgan fingerprint density at radius 3 is 2.54 bits per heavy atom. The first kappa shape index (κ1) is 23.2. The minimum atomic E-state index is -0.381. The highest BCUT2D eigenvalue weighted by Gasteiger charge is 2.31. The summed E-state index contributed by atoms with van der Waals surface area (Å²) >= 11 is 0. The van der Waals surface area contributed by atoms with Crippen LogP contribution in [0.15, 0.2) is 60.3 Å². The van der Waals surface area contributed by atoms with Crippen molar-refractivity contribution in [3.63, 3.8) is 0 Å². The number of carbonyl (C=O) groups is 1. The van der Waals surface area contributed by atoms with Crippen LogP contribution < -0.4 is 4.74 Å². The zero-order valence-corrected chi connectivity index (χ0v) is 20.1. The van der Waals surface area contributed by atoms with Crippen molar-refractivity contribution in [3.8, 4) is 17.0 Å². The Balaban J connectivity index is 1.42. The molecule has 6 heteroatoms. The standard InChI is InChI=1S/C29H28FNO4/c1-17(29(32)34-3)28(18-4-5-18)21-6-7-22-16-35-26(14-23(22)12-21)24-9-8-19(13-25(24)30)20-10-11-31-27(15-20)33-2/h6-13,15,18,26H,4-5,14,16H2,1-3H3/b28-17+. The number of hydrogen-bond donors (Lipinski definition) is 0. The van der Waals surface area contributed by atoms with Crippen molar-refractivity contribution >= 4 is 11.5 Å². The molecular formula is C29H28FNO4. The van der Waals surface area contributed by atoms with E-state index in [2.05, 4.69) is 23.2 Å². The number of aromatic nitrogens is 1. The van der Waals surface area contributed by atoms with Crippen molar-refractivity contribution in [2.75, 3.05) is 14.2 Å². The molecule has 3 aromatic rings. The third-order valence-electron chi connectivity index (χ3n) is 6.87. The average molecular weight is 474 g/mol. The minimum absolute atomic E-state index is 0.292. The molecule has 180 valence electrons. The van der Waals surface area contributed by atoms with E-state index in [0.717, 1.165) is 46.2 Å². The molecule has 5 rings (SSSR count). The van der Waals surface area contributed by atoms with E-state index in [1.165, 1.54) is 13.2 Å². The van der Waals surface area contributed by atoms with Gasteiger partial charge in [0.2, 0.25) is 5.88 Å². The Kier molecular flexibility index (Phi) is 6.39. The van der Waals surface area contributed by atoms with Gasteiger partial charge in [-0.15, -0.1) is 0 Å². The molecular weight excluding hydrogens is 445 g/mol. The fourth-order valence-electron chi connectivity index (χ4n) is 4.83. The molecule has 1 saturated carbocycles. The number of carbonyl (C=O) groups excluding carboxylic acids is 1. The van der Waals surface area contributed by atoms with Gasteiger partial charge in [0, 0.05) is 29.8 Å². The van der Waals surface area contributed by atoms with Crippen molar-refractivity contribution in [2.24, 2.45) is 5.92 Å². The molecule has 2 heterocycles. The number of rotatable bonds is 6. The zero-order valence-electron chi connectivity index (χ0n) is 20.1. The summed E-state index contributed by atoms with van der Waals surface area (Å²) in [6.07, 6.45) is 3.98. The first-order valence-corrected chi connectivity index (χ1v) is 11.8. The molecule has 0 amide bonds. The lowest BCUT2D eigenvalue weighted by Crippen LogP contribution is -2.17. The van der Waals surface area contributed by atoms with E-state index >= 15 is 4.39 Å². The number of benzene rings is 2. The van der Waals surface area contributed by atoms with Crippen LogP contribution in [0.2, 0.25) is 0 Å². The number of nitrogens with zero attached hydrogens (tertiary/aromatic N) is 1. The Morgan fingerprint density at radius 1 is 1.03 bits per heavy atom. The number of allylic oxidation sites excluding steroid dienone is 1. The van der Waals surface area contributed by atoms with E-state index in [1.54, 1.807) is 25.4 Å². The van der Waals surface area contributed by atoms with Gasteiger partial charge >= 0.3 is 5.97 Å². The molecule has 0 radical (unpaired) electrons. The first-order chi connectivity index (χ1) is 17.0. The van der Waals surface area contributed by atoms with Crippen molar-refractivity contribution in [1.29, 1.82) is 0 Å². The minimum Gasteiger partial charge on any atom is -0.481 e. The van der Waals surface area contributed by atoms with E-state index in [4.69, 9.17) is 14.2 Å². The van der Waals surface area contributed by atoms with E-state index < -0.39 is 0 Å². The number of esters is 1. The van der Waals surface area contributed by atoms with Gasteiger partial charge in [0.15, 0.2) is 0 Å². The predicted octanol–water partition coefficient (Wildman–Crippen LogP) is 6.07. The molecule has 0 spiro atoms. The molecule has 1 atom stereocenters. The fourth-order valence-corrected chi connectivity index (χ4v) is 4.83. The van der Waals surface area contributed by atoms with Crippen molar-refractivity contribution in [1.82, 2.24) is 4.98 Å². The Bertz CT molecular complexity index is 1310. The lowest BCUT2D eigenvalue weighted by molar-refractivity contribution is -0.135. The maximum absolute atomic E-state index is 15.2. The molecule has 1 aliphatic heterocycles. The van der Waals surface area contributed by atoms with Crippen molar-refractivity contribution < 1.29 is 23.4 Å². The molecule has 0 bridgehead atoms. The van der Waals surface area contributed by atoms with Gasteiger partial charge in [0.25, 0.3) is 0 Å². The molecule has 5 nitrogen and oxygen atoms in total. The number of fused-ring (bicyclic) bond motifs is 1. The number of methoxy groups -OCH3 is 2. The van der Waals surface area contributed by atoms with Crippen LogP contribution in [-0.4, -0.2) is 25.2 Å². The maximum atomic E-state index is 15.2. The van der Waals surface area contributed by atoms with Crippen LogP contribution in [0.5, 0.6) is 5.88 Å². The molecule has 1 aliphatic carbocycles. The summed E-state index contributed by atoms with van der Waals surface area (Å²) in [5, 5.41) is 0. The molecule has 1 unspecified atom stereocenters. The van der Waals surface area contributed by atoms with Crippen molar-refractivity contribution in [2.45, 2.75) is 38.9 Å². The van der Waals surface area contributed by atoms with Gasteiger partial charge in [-0.25, -0.2) is 14.2 Å². The molecule has 35 heavy (non-hydrogen) atoms. The predicted molar refractivity (Wildman–Crippen MR) is 131 cm³/mol. The SMILES string of the molecule is COC(=O)/C(C)=C(/c1ccc2c(c1)CC(c1ccc(-c3ccnc(OC)c3)cc1F)OC2)C1CC1. The molecule has 1 aromatic heterocycles. The lowest BCUT2D eigenvalue weighted by atomic mass is 9.89. The Labute approximate surface area is 204 Å². The van der Waals surface area contributed by atoms with Crippen LogP contribution in [0, 0.1) is 11.7 Å². The van der Waals surface area contributed by atoms with E-state index in [-0.39, 0.29) is 17.9 Å². The summed E-state index contributed by atoms with van der Waals surface area (Å²) in [7, 11) is 2.97. The van der Waals surface area contributed by atoms with E-state index in [0.29, 0.717) is 36.0 Å². The van der Waals surface area contributed by atoms with Gasteiger partial charge in [-0.1, -0.05) is 30.3 Å². The highest BCUT2D eigenvalue weighted by Crippen LogP contribution is 2.45. The topological polar surface area (TPSA) is 57.7 Å². The fraction of sp³-hybridized carbons (Fsp3) is 0.310. The first-order valence-electron chi connectivity index (χ1n) is 11.8. The molecule has 0 saturated heterocycles. The third-order valence-corrected chi connectivity index (χ3v) is 6.87. The van der Waals surface area contributed by atoms with Crippen molar-refractivity contribution in [3.05, 3.63) is 88.4 Å². The Hall–Kier alpha value is -3.51. The van der Waals surface area contributed by atoms with Crippen LogP contribution in [0.25, 0.3) is 16.7 Å². The van der Waals surface area contributed by atoms with Crippen LogP contribution >= 0.6 is 0 Å². The third kappa shape index (κ3) is 4.71. The number of hydrogen-bond acceptors (Lipinski definition) is 5. The smallest absolute Gasteiger partial charge is 0.333 e. The number of ether oxygens (including phenoxy) is 3. The second-order valence-electron chi connectivity index (χ2n) is 9.11. The van der Waals surface area contributed by atoms with Crippen LogP contribution in [0.1, 0.15) is 48.1 Å². The summed E-state index contributed by atoms with van der Waals surface area (Å²) in [5.41, 5.74) is 7.10. The van der Waals surface area contributed by atoms with Gasteiger partial charge in [-0.2, -0.15) is 0 Å². The van der Waals surface area contributed by atoms with Gasteiger partial charge < -0.3 is 14.2 Å². The highest BCUT2D eigenvalue weighted by molar-refractivity contribution is 5.98. The maximum Gasteiger partial charge on any atom is 0.333 e. The van der Waals surface area contributed by atoms with Gasteiger partial charge in [-0.3, -0.25) is 0 Å². The lowest BCUT2D eigenvalue weighted by Gasteiger charge is -2.27. The molecule has 1 fully saturated rings. The summed E-state index contributed by atoms with van der Waals surface area (Å²) in [4.78, 5) is 16.3. The largest absolute Gasteiger partial charge is 0.481 e. The van der Waals surface area contributed by atoms with Gasteiger partial charge in [0.05, 0.1) is 26.9 Å². The molecule has 2 aliphatic rings. The van der Waals surface area contributed by atoms with Gasteiger partial charge in [0.1, 0.15) is 5.82 Å². The van der Waals surface area contributed by atoms with Crippen LogP contribution in [0.3, 0.4) is 0 Å². The highest BCUT2D eigenvalue weighted by atomic mass is 19.1. The van der Waals surface area contributed by atoms with Crippen LogP contribution in [0.4, 0.5) is 4.39 Å². The summed E-state index contributed by atoms with van der Waals surface area (Å²) < 4.78 is 31.5. The zero-order chi connectivity index (χ0) is 24.5. The quantitative estimate of drug-likeness (QED) is 0.321. The van der Waals surface area contributed by atoms with Crippen LogP contribution in [-0.2, 0) is 27.3 Å². The number of pyridine rings is 1. The Morgan fingerprint density at radius 2 is 1.83 bits per heavy atom. The van der Waals surface area contributed by atoms with Gasteiger partial charge in [-0.05, 0) is 71.2 Å². The molecule has 0 N–H and O–H groups in total. The second-order valence-corrected chi connectivity index (χ2v) is 9.11. The number of halogens is 1. The monoisotopic (exact) mass is 473 g/mol. The van der Waals surface area contributed by atoms with E-state index in [1.807, 2.05) is 19.1 Å².